The van der Waals surface area contributed by atoms with Gasteiger partial charge in [-0.25, -0.2) is 0 Å². The molecule has 3 aromatic rings. The lowest BCUT2D eigenvalue weighted by Gasteiger charge is -2.25. The topological polar surface area (TPSA) is 42.2 Å². The van der Waals surface area contributed by atoms with Gasteiger partial charge in [-0.3, -0.25) is 4.98 Å². The summed E-state index contributed by atoms with van der Waals surface area (Å²) in [5, 5.41) is 1.17. The zero-order valence-electron chi connectivity index (χ0n) is 12.2. The SMILES string of the molecule is CCN(Cc1cccc2cccnc12)c1ccccc1N. The Morgan fingerprint density at radius 3 is 2.62 bits per heavy atom. The lowest BCUT2D eigenvalue weighted by molar-refractivity contribution is 0.836. The maximum Gasteiger partial charge on any atom is 0.0751 e. The molecule has 0 unspecified atom stereocenters. The normalized spacial score (nSPS) is 10.7. The van der Waals surface area contributed by atoms with Crippen LogP contribution in [0, 0.1) is 0 Å². The van der Waals surface area contributed by atoms with Crippen LogP contribution >= 0.6 is 0 Å². The number of pyridine rings is 1. The molecule has 0 bridgehead atoms. The van der Waals surface area contributed by atoms with Gasteiger partial charge in [-0.1, -0.05) is 36.4 Å². The standard InChI is InChI=1S/C18H19N3/c1-2-21(17-11-4-3-10-16(17)19)13-15-8-5-7-14-9-6-12-20-18(14)15/h3-12H,2,13,19H2,1H3. The molecule has 2 aromatic carbocycles. The fourth-order valence-electron chi connectivity index (χ4n) is 2.64. The Morgan fingerprint density at radius 1 is 1.00 bits per heavy atom. The minimum Gasteiger partial charge on any atom is -0.397 e. The van der Waals surface area contributed by atoms with E-state index in [1.165, 1.54) is 10.9 Å². The fraction of sp³-hybridized carbons (Fsp3) is 0.167. The molecule has 0 fully saturated rings. The maximum atomic E-state index is 6.11. The third-order valence-electron chi connectivity index (χ3n) is 3.74. The van der Waals surface area contributed by atoms with E-state index in [2.05, 4.69) is 47.1 Å². The van der Waals surface area contributed by atoms with Gasteiger partial charge in [-0.05, 0) is 30.7 Å². The second-order valence-electron chi connectivity index (χ2n) is 5.07. The van der Waals surface area contributed by atoms with Crippen molar-refractivity contribution in [3.63, 3.8) is 0 Å². The number of rotatable bonds is 4. The average Bonchev–Trinajstić information content (AvgIpc) is 2.53. The number of anilines is 2. The van der Waals surface area contributed by atoms with Crippen molar-refractivity contribution < 1.29 is 0 Å². The molecule has 3 rings (SSSR count). The van der Waals surface area contributed by atoms with Crippen molar-refractivity contribution in [2.45, 2.75) is 13.5 Å². The van der Waals surface area contributed by atoms with Crippen LogP contribution in [0.15, 0.2) is 60.8 Å². The van der Waals surface area contributed by atoms with Gasteiger partial charge < -0.3 is 10.6 Å². The molecular weight excluding hydrogens is 258 g/mol. The second-order valence-corrected chi connectivity index (χ2v) is 5.07. The number of hydrogen-bond acceptors (Lipinski definition) is 3. The monoisotopic (exact) mass is 277 g/mol. The summed E-state index contributed by atoms with van der Waals surface area (Å²) >= 11 is 0. The molecule has 0 atom stereocenters. The molecule has 1 aromatic heterocycles. The molecule has 0 aliphatic heterocycles. The number of fused-ring (bicyclic) bond motifs is 1. The Bertz CT molecular complexity index is 747. The molecule has 0 spiro atoms. The molecule has 1 heterocycles. The summed E-state index contributed by atoms with van der Waals surface area (Å²) in [6, 6.07) is 18.4. The van der Waals surface area contributed by atoms with Crippen LogP contribution in [0.1, 0.15) is 12.5 Å². The smallest absolute Gasteiger partial charge is 0.0751 e. The Morgan fingerprint density at radius 2 is 1.81 bits per heavy atom. The number of benzene rings is 2. The Labute approximate surface area is 125 Å². The van der Waals surface area contributed by atoms with Gasteiger partial charge >= 0.3 is 0 Å². The number of para-hydroxylation sites is 3. The van der Waals surface area contributed by atoms with Crippen LogP contribution < -0.4 is 10.6 Å². The summed E-state index contributed by atoms with van der Waals surface area (Å²) in [5.74, 6) is 0. The zero-order chi connectivity index (χ0) is 14.7. The molecular formula is C18H19N3. The van der Waals surface area contributed by atoms with Gasteiger partial charge in [0, 0.05) is 24.7 Å². The van der Waals surface area contributed by atoms with Crippen LogP contribution in [0.3, 0.4) is 0 Å². The van der Waals surface area contributed by atoms with Gasteiger partial charge in [-0.2, -0.15) is 0 Å². The van der Waals surface area contributed by atoms with E-state index in [9.17, 15) is 0 Å². The van der Waals surface area contributed by atoms with E-state index < -0.39 is 0 Å². The quantitative estimate of drug-likeness (QED) is 0.737. The van der Waals surface area contributed by atoms with Crippen LogP contribution in [0.2, 0.25) is 0 Å². The highest BCUT2D eigenvalue weighted by atomic mass is 15.1. The van der Waals surface area contributed by atoms with E-state index in [0.29, 0.717) is 0 Å². The second kappa shape index (κ2) is 5.83. The number of aromatic nitrogens is 1. The minimum absolute atomic E-state index is 0.805. The van der Waals surface area contributed by atoms with Crippen LogP contribution in [0.4, 0.5) is 11.4 Å². The minimum atomic E-state index is 0.805. The fourth-order valence-corrected chi connectivity index (χ4v) is 2.64. The number of hydrogen-bond donors (Lipinski definition) is 1. The number of nitrogens with two attached hydrogens (primary N) is 1. The molecule has 3 nitrogen and oxygen atoms in total. The molecule has 3 heteroatoms. The van der Waals surface area contributed by atoms with Crippen LogP contribution in [0.5, 0.6) is 0 Å². The predicted octanol–water partition coefficient (Wildman–Crippen LogP) is 3.84. The van der Waals surface area contributed by atoms with E-state index in [1.807, 2.05) is 30.5 Å². The maximum absolute atomic E-state index is 6.11. The first kappa shape index (κ1) is 13.4. The summed E-state index contributed by atoms with van der Waals surface area (Å²) in [5.41, 5.74) is 10.3. The molecule has 0 saturated heterocycles. The van der Waals surface area contributed by atoms with Gasteiger partial charge in [-0.15, -0.1) is 0 Å². The van der Waals surface area contributed by atoms with Crippen molar-refractivity contribution in [1.29, 1.82) is 0 Å². The van der Waals surface area contributed by atoms with Crippen LogP contribution in [-0.2, 0) is 6.54 Å². The number of nitrogens with zero attached hydrogens (tertiary/aromatic N) is 2. The lowest BCUT2D eigenvalue weighted by Crippen LogP contribution is -2.23. The number of nitrogen functional groups attached to an aromatic ring is 1. The third-order valence-corrected chi connectivity index (χ3v) is 3.74. The van der Waals surface area contributed by atoms with Crippen molar-refractivity contribution in [2.24, 2.45) is 0 Å². The molecule has 106 valence electrons. The van der Waals surface area contributed by atoms with Crippen LogP contribution in [0.25, 0.3) is 10.9 Å². The first-order valence-electron chi connectivity index (χ1n) is 7.21. The van der Waals surface area contributed by atoms with Crippen molar-refractivity contribution >= 4 is 22.3 Å². The Balaban J connectivity index is 1.98. The first-order valence-corrected chi connectivity index (χ1v) is 7.21. The van der Waals surface area contributed by atoms with E-state index in [1.54, 1.807) is 0 Å². The highest BCUT2D eigenvalue weighted by Gasteiger charge is 2.10. The highest BCUT2D eigenvalue weighted by Crippen LogP contribution is 2.25. The first-order chi connectivity index (χ1) is 10.3. The predicted molar refractivity (Wildman–Crippen MR) is 89.3 cm³/mol. The summed E-state index contributed by atoms with van der Waals surface area (Å²) < 4.78 is 0. The van der Waals surface area contributed by atoms with E-state index in [4.69, 9.17) is 5.73 Å². The molecule has 2 N–H and O–H groups in total. The molecule has 0 aliphatic rings. The lowest BCUT2D eigenvalue weighted by atomic mass is 10.1. The van der Waals surface area contributed by atoms with E-state index in [-0.39, 0.29) is 0 Å². The summed E-state index contributed by atoms with van der Waals surface area (Å²) in [6.07, 6.45) is 1.85. The van der Waals surface area contributed by atoms with Crippen LogP contribution in [-0.4, -0.2) is 11.5 Å². The average molecular weight is 277 g/mol. The van der Waals surface area contributed by atoms with Gasteiger partial charge in [0.05, 0.1) is 16.9 Å². The van der Waals surface area contributed by atoms with Crippen molar-refractivity contribution in [1.82, 2.24) is 4.98 Å². The highest BCUT2D eigenvalue weighted by molar-refractivity contribution is 5.82. The van der Waals surface area contributed by atoms with E-state index in [0.717, 1.165) is 30.0 Å². The van der Waals surface area contributed by atoms with E-state index >= 15 is 0 Å². The molecule has 0 aliphatic carbocycles. The van der Waals surface area contributed by atoms with Gasteiger partial charge in [0.25, 0.3) is 0 Å². The summed E-state index contributed by atoms with van der Waals surface area (Å²) in [4.78, 5) is 6.80. The van der Waals surface area contributed by atoms with Crippen molar-refractivity contribution in [3.05, 3.63) is 66.4 Å². The largest absolute Gasteiger partial charge is 0.397 e. The van der Waals surface area contributed by atoms with Crippen molar-refractivity contribution in [2.75, 3.05) is 17.2 Å². The Kier molecular flexibility index (Phi) is 3.73. The molecule has 0 amide bonds. The van der Waals surface area contributed by atoms with Gasteiger partial charge in [0.2, 0.25) is 0 Å². The van der Waals surface area contributed by atoms with Crippen molar-refractivity contribution in [3.8, 4) is 0 Å². The zero-order valence-corrected chi connectivity index (χ0v) is 12.2. The third kappa shape index (κ3) is 2.68. The summed E-state index contributed by atoms with van der Waals surface area (Å²) in [7, 11) is 0. The molecule has 0 radical (unpaired) electrons. The summed E-state index contributed by atoms with van der Waals surface area (Å²) in [6.45, 7) is 3.85. The molecule has 21 heavy (non-hydrogen) atoms. The van der Waals surface area contributed by atoms with Gasteiger partial charge in [0.1, 0.15) is 0 Å². The van der Waals surface area contributed by atoms with Gasteiger partial charge in [0.15, 0.2) is 0 Å². The Hall–Kier alpha value is -2.55. The molecule has 0 saturated carbocycles.